The first-order chi connectivity index (χ1) is 7.86. The highest BCUT2D eigenvalue weighted by Crippen LogP contribution is 2.24. The van der Waals surface area contributed by atoms with E-state index in [1.54, 1.807) is 4.90 Å². The first-order valence-electron chi connectivity index (χ1n) is 5.64. The lowest BCUT2D eigenvalue weighted by molar-refractivity contribution is -0.125. The molecule has 0 heterocycles. The summed E-state index contributed by atoms with van der Waals surface area (Å²) in [6, 6.07) is 7.69. The first-order valence-corrected chi connectivity index (χ1v) is 6.43. The smallest absolute Gasteiger partial charge is 0.232 e. The van der Waals surface area contributed by atoms with Gasteiger partial charge in [-0.25, -0.2) is 0 Å². The van der Waals surface area contributed by atoms with Gasteiger partial charge in [0.05, 0.1) is 0 Å². The zero-order valence-electron chi connectivity index (χ0n) is 10.5. The third-order valence-electron chi connectivity index (χ3n) is 2.38. The van der Waals surface area contributed by atoms with Gasteiger partial charge in [-0.3, -0.25) is 4.79 Å². The number of hydrogen-bond donors (Lipinski definition) is 1. The largest absolute Gasteiger partial charge is 0.329 e. The fourth-order valence-electron chi connectivity index (χ4n) is 1.50. The van der Waals surface area contributed by atoms with E-state index < -0.39 is 5.41 Å². The summed E-state index contributed by atoms with van der Waals surface area (Å²) < 4.78 is 0.997. The number of hydrogen-bond acceptors (Lipinski definition) is 2. The van der Waals surface area contributed by atoms with E-state index in [9.17, 15) is 4.79 Å². The molecular weight excluding hydrogens is 280 g/mol. The van der Waals surface area contributed by atoms with Crippen LogP contribution in [0.1, 0.15) is 20.8 Å². The van der Waals surface area contributed by atoms with Crippen LogP contribution >= 0.6 is 15.9 Å². The highest BCUT2D eigenvalue weighted by molar-refractivity contribution is 9.10. The van der Waals surface area contributed by atoms with Gasteiger partial charge < -0.3 is 10.6 Å². The van der Waals surface area contributed by atoms with Crippen molar-refractivity contribution >= 4 is 27.5 Å². The Morgan fingerprint density at radius 1 is 1.29 bits per heavy atom. The van der Waals surface area contributed by atoms with Crippen LogP contribution in [0.15, 0.2) is 28.7 Å². The molecule has 0 atom stereocenters. The normalized spacial score (nSPS) is 11.4. The van der Waals surface area contributed by atoms with Crippen molar-refractivity contribution in [3.8, 4) is 0 Å². The van der Waals surface area contributed by atoms with Gasteiger partial charge in [0, 0.05) is 28.7 Å². The monoisotopic (exact) mass is 298 g/mol. The highest BCUT2D eigenvalue weighted by atomic mass is 79.9. The molecule has 1 amide bonds. The van der Waals surface area contributed by atoms with Crippen LogP contribution in [0.4, 0.5) is 5.69 Å². The van der Waals surface area contributed by atoms with Gasteiger partial charge in [-0.05, 0) is 24.3 Å². The molecule has 3 nitrogen and oxygen atoms in total. The third-order valence-corrected chi connectivity index (χ3v) is 2.91. The van der Waals surface area contributed by atoms with E-state index in [-0.39, 0.29) is 5.91 Å². The number of carbonyl (C=O) groups excluding carboxylic acids is 1. The average Bonchev–Trinajstić information content (AvgIpc) is 2.25. The van der Waals surface area contributed by atoms with Crippen LogP contribution in [0.5, 0.6) is 0 Å². The van der Waals surface area contributed by atoms with Crippen molar-refractivity contribution < 1.29 is 4.79 Å². The second kappa shape index (κ2) is 5.65. The Labute approximate surface area is 111 Å². The van der Waals surface area contributed by atoms with Gasteiger partial charge in [-0.2, -0.15) is 0 Å². The fraction of sp³-hybridized carbons (Fsp3) is 0.462. The number of amides is 1. The molecule has 1 aromatic rings. The number of carbonyl (C=O) groups is 1. The number of nitrogens with two attached hydrogens (primary N) is 1. The number of benzene rings is 1. The molecule has 1 rings (SSSR count). The SMILES string of the molecule is CC(C)(C)C(=O)N(CCN)c1ccc(Br)cc1. The standard InChI is InChI=1S/C13H19BrN2O/c1-13(2,3)12(17)16(9-8-15)11-6-4-10(14)5-7-11/h4-7H,8-9,15H2,1-3H3. The van der Waals surface area contributed by atoms with Crippen molar-refractivity contribution in [2.24, 2.45) is 11.1 Å². The summed E-state index contributed by atoms with van der Waals surface area (Å²) in [5.41, 5.74) is 6.06. The van der Waals surface area contributed by atoms with Crippen molar-refractivity contribution in [2.45, 2.75) is 20.8 Å². The Morgan fingerprint density at radius 2 is 1.82 bits per heavy atom. The molecule has 2 N–H and O–H groups in total. The van der Waals surface area contributed by atoms with E-state index in [0.29, 0.717) is 13.1 Å². The summed E-state index contributed by atoms with van der Waals surface area (Å²) in [6.07, 6.45) is 0. The van der Waals surface area contributed by atoms with Gasteiger partial charge in [0.1, 0.15) is 0 Å². The predicted molar refractivity (Wildman–Crippen MR) is 75.0 cm³/mol. The quantitative estimate of drug-likeness (QED) is 0.933. The molecule has 0 saturated carbocycles. The van der Waals surface area contributed by atoms with Crippen LogP contribution in [0, 0.1) is 5.41 Å². The maximum Gasteiger partial charge on any atom is 0.232 e. The fourth-order valence-corrected chi connectivity index (χ4v) is 1.77. The van der Waals surface area contributed by atoms with Gasteiger partial charge in [-0.1, -0.05) is 36.7 Å². The number of halogens is 1. The lowest BCUT2D eigenvalue weighted by atomic mass is 9.94. The molecule has 0 saturated heterocycles. The summed E-state index contributed by atoms with van der Waals surface area (Å²) in [5, 5.41) is 0. The molecule has 0 aliphatic rings. The van der Waals surface area contributed by atoms with Crippen LogP contribution in [-0.2, 0) is 4.79 Å². The van der Waals surface area contributed by atoms with E-state index in [0.717, 1.165) is 10.2 Å². The first kappa shape index (κ1) is 14.2. The van der Waals surface area contributed by atoms with E-state index in [1.165, 1.54) is 0 Å². The second-order valence-electron chi connectivity index (χ2n) is 4.97. The van der Waals surface area contributed by atoms with Crippen LogP contribution < -0.4 is 10.6 Å². The van der Waals surface area contributed by atoms with Crippen molar-refractivity contribution in [3.63, 3.8) is 0 Å². The van der Waals surface area contributed by atoms with Gasteiger partial charge in [0.2, 0.25) is 5.91 Å². The van der Waals surface area contributed by atoms with Crippen LogP contribution in [-0.4, -0.2) is 19.0 Å². The minimum Gasteiger partial charge on any atom is -0.329 e. The van der Waals surface area contributed by atoms with Crippen LogP contribution in [0.2, 0.25) is 0 Å². The van der Waals surface area contributed by atoms with E-state index in [4.69, 9.17) is 5.73 Å². The molecule has 4 heteroatoms. The number of anilines is 1. The molecule has 0 aliphatic carbocycles. The zero-order chi connectivity index (χ0) is 13.1. The Morgan fingerprint density at radius 3 is 2.24 bits per heavy atom. The minimum absolute atomic E-state index is 0.0882. The molecule has 1 aromatic carbocycles. The summed E-state index contributed by atoms with van der Waals surface area (Å²) in [7, 11) is 0. The van der Waals surface area contributed by atoms with Crippen molar-refractivity contribution in [3.05, 3.63) is 28.7 Å². The molecule has 0 bridgehead atoms. The maximum atomic E-state index is 12.3. The van der Waals surface area contributed by atoms with Crippen LogP contribution in [0.3, 0.4) is 0 Å². The molecule has 0 unspecified atom stereocenters. The molecule has 0 aliphatic heterocycles. The Balaban J connectivity index is 3.01. The Kier molecular flexibility index (Phi) is 4.71. The molecular formula is C13H19BrN2O. The van der Waals surface area contributed by atoms with E-state index >= 15 is 0 Å². The van der Waals surface area contributed by atoms with Gasteiger partial charge >= 0.3 is 0 Å². The molecule has 0 aromatic heterocycles. The second-order valence-corrected chi connectivity index (χ2v) is 5.89. The summed E-state index contributed by atoms with van der Waals surface area (Å²) in [6.45, 7) is 6.74. The molecule has 94 valence electrons. The predicted octanol–water partition coefficient (Wildman–Crippen LogP) is 2.79. The molecule has 0 spiro atoms. The summed E-state index contributed by atoms with van der Waals surface area (Å²) in [4.78, 5) is 14.0. The Bertz CT molecular complexity index is 381. The lowest BCUT2D eigenvalue weighted by Crippen LogP contribution is -2.42. The van der Waals surface area contributed by atoms with E-state index in [2.05, 4.69) is 15.9 Å². The molecule has 0 fully saturated rings. The number of nitrogens with zero attached hydrogens (tertiary/aromatic N) is 1. The summed E-state index contributed by atoms with van der Waals surface area (Å²) in [5.74, 6) is 0.0882. The van der Waals surface area contributed by atoms with Crippen molar-refractivity contribution in [1.29, 1.82) is 0 Å². The summed E-state index contributed by atoms with van der Waals surface area (Å²) >= 11 is 3.38. The van der Waals surface area contributed by atoms with Gasteiger partial charge in [0.25, 0.3) is 0 Å². The van der Waals surface area contributed by atoms with Gasteiger partial charge in [0.15, 0.2) is 0 Å². The molecule has 0 radical (unpaired) electrons. The maximum absolute atomic E-state index is 12.3. The third kappa shape index (κ3) is 3.82. The topological polar surface area (TPSA) is 46.3 Å². The highest BCUT2D eigenvalue weighted by Gasteiger charge is 2.27. The molecule has 17 heavy (non-hydrogen) atoms. The minimum atomic E-state index is -0.401. The van der Waals surface area contributed by atoms with E-state index in [1.807, 2.05) is 45.0 Å². The Hall–Kier alpha value is -0.870. The zero-order valence-corrected chi connectivity index (χ0v) is 12.1. The van der Waals surface area contributed by atoms with Crippen LogP contribution in [0.25, 0.3) is 0 Å². The van der Waals surface area contributed by atoms with Crippen molar-refractivity contribution in [2.75, 3.05) is 18.0 Å². The van der Waals surface area contributed by atoms with Crippen molar-refractivity contribution in [1.82, 2.24) is 0 Å². The lowest BCUT2D eigenvalue weighted by Gasteiger charge is -2.29. The van der Waals surface area contributed by atoms with Gasteiger partial charge in [-0.15, -0.1) is 0 Å². The average molecular weight is 299 g/mol. The number of rotatable bonds is 3.